The third kappa shape index (κ3) is 5.07. The van der Waals surface area contributed by atoms with Crippen LogP contribution in [-0.4, -0.2) is 12.0 Å². The van der Waals surface area contributed by atoms with E-state index in [-0.39, 0.29) is 30.5 Å². The van der Waals surface area contributed by atoms with Crippen molar-refractivity contribution in [1.29, 1.82) is 0 Å². The van der Waals surface area contributed by atoms with Crippen molar-refractivity contribution in [3.63, 3.8) is 0 Å². The molecule has 0 radical (unpaired) electrons. The van der Waals surface area contributed by atoms with Crippen LogP contribution in [0, 0.1) is 5.41 Å². The van der Waals surface area contributed by atoms with Gasteiger partial charge in [-0.1, -0.05) is 44.5 Å². The first-order valence-corrected chi connectivity index (χ1v) is 6.32. The molecular formula is C14H20ClNO2. The van der Waals surface area contributed by atoms with E-state index in [1.165, 1.54) is 0 Å². The SMILES string of the molecule is CC(C)(C)C(N)CC(=O)OCc1ccc(Cl)cc1. The highest BCUT2D eigenvalue weighted by Crippen LogP contribution is 2.20. The molecule has 0 saturated carbocycles. The quantitative estimate of drug-likeness (QED) is 0.855. The molecule has 1 aromatic carbocycles. The van der Waals surface area contributed by atoms with Gasteiger partial charge in [0, 0.05) is 11.1 Å². The summed E-state index contributed by atoms with van der Waals surface area (Å²) in [5, 5.41) is 0.667. The van der Waals surface area contributed by atoms with Crippen LogP contribution >= 0.6 is 11.6 Å². The largest absolute Gasteiger partial charge is 0.461 e. The Kier molecular flexibility index (Phi) is 5.17. The first-order chi connectivity index (χ1) is 8.29. The van der Waals surface area contributed by atoms with Gasteiger partial charge in [-0.15, -0.1) is 0 Å². The zero-order valence-corrected chi connectivity index (χ0v) is 11.8. The van der Waals surface area contributed by atoms with Crippen LogP contribution < -0.4 is 5.73 Å². The Morgan fingerprint density at radius 2 is 1.89 bits per heavy atom. The Labute approximate surface area is 113 Å². The molecule has 100 valence electrons. The highest BCUT2D eigenvalue weighted by molar-refractivity contribution is 6.30. The van der Waals surface area contributed by atoms with E-state index >= 15 is 0 Å². The molecule has 1 atom stereocenters. The Hall–Kier alpha value is -1.06. The Morgan fingerprint density at radius 1 is 1.33 bits per heavy atom. The Balaban J connectivity index is 2.40. The van der Waals surface area contributed by atoms with E-state index in [2.05, 4.69) is 0 Å². The zero-order chi connectivity index (χ0) is 13.8. The maximum atomic E-state index is 11.6. The molecule has 0 amide bonds. The van der Waals surface area contributed by atoms with Gasteiger partial charge in [0.05, 0.1) is 6.42 Å². The molecule has 1 rings (SSSR count). The zero-order valence-electron chi connectivity index (χ0n) is 11.1. The summed E-state index contributed by atoms with van der Waals surface area (Å²) in [5.41, 5.74) is 6.74. The molecule has 2 N–H and O–H groups in total. The third-order valence-electron chi connectivity index (χ3n) is 2.81. The lowest BCUT2D eigenvalue weighted by Gasteiger charge is -2.26. The number of carbonyl (C=O) groups excluding carboxylic acids is 1. The van der Waals surface area contributed by atoms with Gasteiger partial charge in [-0.3, -0.25) is 4.79 Å². The summed E-state index contributed by atoms with van der Waals surface area (Å²) in [4.78, 5) is 11.6. The van der Waals surface area contributed by atoms with Crippen LogP contribution in [0.1, 0.15) is 32.8 Å². The van der Waals surface area contributed by atoms with Crippen LogP contribution in [0.3, 0.4) is 0 Å². The standard InChI is InChI=1S/C14H20ClNO2/c1-14(2,3)12(16)8-13(17)18-9-10-4-6-11(15)7-5-10/h4-7,12H,8-9,16H2,1-3H3. The van der Waals surface area contributed by atoms with E-state index in [9.17, 15) is 4.79 Å². The highest BCUT2D eigenvalue weighted by atomic mass is 35.5. The summed E-state index contributed by atoms with van der Waals surface area (Å²) >= 11 is 5.77. The molecule has 0 saturated heterocycles. The van der Waals surface area contributed by atoms with Crippen LogP contribution in [0.4, 0.5) is 0 Å². The van der Waals surface area contributed by atoms with E-state index < -0.39 is 0 Å². The fraction of sp³-hybridized carbons (Fsp3) is 0.500. The van der Waals surface area contributed by atoms with Gasteiger partial charge in [0.25, 0.3) is 0 Å². The minimum absolute atomic E-state index is 0.0979. The van der Waals surface area contributed by atoms with Gasteiger partial charge in [0.2, 0.25) is 0 Å². The average Bonchev–Trinajstić information content (AvgIpc) is 2.27. The molecule has 1 unspecified atom stereocenters. The predicted octanol–water partition coefficient (Wildman–Crippen LogP) is 3.15. The molecular weight excluding hydrogens is 250 g/mol. The van der Waals surface area contributed by atoms with Crippen LogP contribution in [0.15, 0.2) is 24.3 Å². The number of benzene rings is 1. The second-order valence-electron chi connectivity index (χ2n) is 5.46. The summed E-state index contributed by atoms with van der Waals surface area (Å²) in [5.74, 6) is -0.271. The van der Waals surface area contributed by atoms with Crippen molar-refractivity contribution in [3.8, 4) is 0 Å². The first kappa shape index (κ1) is 15.0. The van der Waals surface area contributed by atoms with Gasteiger partial charge >= 0.3 is 5.97 Å². The molecule has 0 spiro atoms. The fourth-order valence-corrected chi connectivity index (χ4v) is 1.42. The molecule has 0 bridgehead atoms. The monoisotopic (exact) mass is 269 g/mol. The minimum Gasteiger partial charge on any atom is -0.461 e. The molecule has 0 aliphatic carbocycles. The maximum absolute atomic E-state index is 11.6. The number of esters is 1. The second-order valence-corrected chi connectivity index (χ2v) is 5.90. The maximum Gasteiger partial charge on any atom is 0.307 e. The van der Waals surface area contributed by atoms with E-state index in [0.29, 0.717) is 5.02 Å². The molecule has 0 aromatic heterocycles. The fourth-order valence-electron chi connectivity index (χ4n) is 1.29. The van der Waals surface area contributed by atoms with Crippen LogP contribution in [0.2, 0.25) is 5.02 Å². The van der Waals surface area contributed by atoms with Crippen molar-refractivity contribution >= 4 is 17.6 Å². The normalized spacial score (nSPS) is 13.2. The van der Waals surface area contributed by atoms with E-state index in [1.54, 1.807) is 12.1 Å². The lowest BCUT2D eigenvalue weighted by Crippen LogP contribution is -2.37. The summed E-state index contributed by atoms with van der Waals surface area (Å²) in [7, 11) is 0. The van der Waals surface area contributed by atoms with Crippen molar-refractivity contribution in [1.82, 2.24) is 0 Å². The van der Waals surface area contributed by atoms with Gasteiger partial charge in [0.15, 0.2) is 0 Å². The lowest BCUT2D eigenvalue weighted by molar-refractivity contribution is -0.146. The van der Waals surface area contributed by atoms with Gasteiger partial charge < -0.3 is 10.5 Å². The summed E-state index contributed by atoms with van der Waals surface area (Å²) < 4.78 is 5.17. The Morgan fingerprint density at radius 3 is 2.39 bits per heavy atom. The van der Waals surface area contributed by atoms with Crippen LogP contribution in [-0.2, 0) is 16.1 Å². The third-order valence-corrected chi connectivity index (χ3v) is 3.06. The van der Waals surface area contributed by atoms with Gasteiger partial charge in [-0.25, -0.2) is 0 Å². The van der Waals surface area contributed by atoms with Crippen molar-refractivity contribution in [2.75, 3.05) is 0 Å². The second kappa shape index (κ2) is 6.21. The topological polar surface area (TPSA) is 52.3 Å². The average molecular weight is 270 g/mol. The Bertz CT molecular complexity index is 395. The predicted molar refractivity (Wildman–Crippen MR) is 73.3 cm³/mol. The van der Waals surface area contributed by atoms with Gasteiger partial charge in [-0.2, -0.15) is 0 Å². The summed E-state index contributed by atoms with van der Waals surface area (Å²) in [6.45, 7) is 6.27. The molecule has 0 aliphatic heterocycles. The molecule has 1 aromatic rings. The number of hydrogen-bond acceptors (Lipinski definition) is 3. The lowest BCUT2D eigenvalue weighted by atomic mass is 9.85. The summed E-state index contributed by atoms with van der Waals surface area (Å²) in [6, 6.07) is 7.01. The van der Waals surface area contributed by atoms with E-state index in [1.807, 2.05) is 32.9 Å². The highest BCUT2D eigenvalue weighted by Gasteiger charge is 2.23. The number of hydrogen-bond donors (Lipinski definition) is 1. The van der Waals surface area contributed by atoms with Crippen LogP contribution in [0.5, 0.6) is 0 Å². The molecule has 18 heavy (non-hydrogen) atoms. The molecule has 0 fully saturated rings. The van der Waals surface area contributed by atoms with Crippen molar-refractivity contribution in [2.24, 2.45) is 11.1 Å². The van der Waals surface area contributed by atoms with Gasteiger partial charge in [-0.05, 0) is 23.1 Å². The van der Waals surface area contributed by atoms with E-state index in [0.717, 1.165) is 5.56 Å². The number of nitrogens with two attached hydrogens (primary N) is 1. The smallest absolute Gasteiger partial charge is 0.307 e. The minimum atomic E-state index is -0.271. The number of carbonyl (C=O) groups is 1. The number of rotatable bonds is 4. The molecule has 4 heteroatoms. The van der Waals surface area contributed by atoms with Gasteiger partial charge in [0.1, 0.15) is 6.61 Å². The van der Waals surface area contributed by atoms with Crippen molar-refractivity contribution in [3.05, 3.63) is 34.9 Å². The van der Waals surface area contributed by atoms with Crippen molar-refractivity contribution < 1.29 is 9.53 Å². The molecule has 0 aliphatic rings. The molecule has 3 nitrogen and oxygen atoms in total. The first-order valence-electron chi connectivity index (χ1n) is 5.94. The summed E-state index contributed by atoms with van der Waals surface area (Å²) in [6.07, 6.45) is 0.233. The number of ether oxygens (including phenoxy) is 1. The van der Waals surface area contributed by atoms with Crippen LogP contribution in [0.25, 0.3) is 0 Å². The number of halogens is 1. The van der Waals surface area contributed by atoms with E-state index in [4.69, 9.17) is 22.1 Å². The molecule has 0 heterocycles. The van der Waals surface area contributed by atoms with Crippen molar-refractivity contribution in [2.45, 2.75) is 39.8 Å².